The molecule has 0 spiro atoms. The van der Waals surface area contributed by atoms with Crippen molar-refractivity contribution < 1.29 is 22.7 Å². The van der Waals surface area contributed by atoms with Gasteiger partial charge in [-0.25, -0.2) is 13.2 Å². The second kappa shape index (κ2) is 6.27. The van der Waals surface area contributed by atoms with E-state index in [1.807, 2.05) is 29.9 Å². The van der Waals surface area contributed by atoms with Crippen LogP contribution in [0.25, 0.3) is 10.9 Å². The van der Waals surface area contributed by atoms with Crippen molar-refractivity contribution in [1.82, 2.24) is 4.57 Å². The monoisotopic (exact) mass is 334 g/mol. The predicted octanol–water partition coefficient (Wildman–Crippen LogP) is 3.61. The van der Waals surface area contributed by atoms with Gasteiger partial charge < -0.3 is 14.6 Å². The average Bonchev–Trinajstić information content (AvgIpc) is 2.95. The molecule has 3 aromatic rings. The fraction of sp³-hybridized carbons (Fsp3) is 0.118. The van der Waals surface area contributed by atoms with Crippen LogP contribution in [0.5, 0.6) is 5.75 Å². The maximum Gasteiger partial charge on any atom is 0.262 e. The number of ether oxygens (including phenoxy) is 1. The van der Waals surface area contributed by atoms with Crippen molar-refractivity contribution in [1.29, 1.82) is 0 Å². The molecule has 1 amide bonds. The maximum atomic E-state index is 13.5. The van der Waals surface area contributed by atoms with Crippen LogP contribution < -0.4 is 10.1 Å². The van der Waals surface area contributed by atoms with E-state index in [4.69, 9.17) is 4.74 Å². The van der Waals surface area contributed by atoms with Crippen molar-refractivity contribution >= 4 is 22.5 Å². The third-order valence-electron chi connectivity index (χ3n) is 3.56. The van der Waals surface area contributed by atoms with E-state index in [-0.39, 0.29) is 0 Å². The van der Waals surface area contributed by atoms with E-state index in [0.717, 1.165) is 23.0 Å². The second-order valence-corrected chi connectivity index (χ2v) is 5.18. The van der Waals surface area contributed by atoms with Crippen molar-refractivity contribution in [3.63, 3.8) is 0 Å². The number of hydrogen-bond donors (Lipinski definition) is 1. The number of nitrogens with one attached hydrogen (secondary N) is 1. The Balaban J connectivity index is 1.71. The lowest BCUT2D eigenvalue weighted by molar-refractivity contribution is -0.118. The number of aromatic nitrogens is 1. The Labute approximate surface area is 135 Å². The quantitative estimate of drug-likeness (QED) is 0.741. The lowest BCUT2D eigenvalue weighted by atomic mass is 10.2. The zero-order valence-electron chi connectivity index (χ0n) is 12.6. The summed E-state index contributed by atoms with van der Waals surface area (Å²) in [7, 11) is 1.88. The minimum atomic E-state index is -1.64. The van der Waals surface area contributed by atoms with Gasteiger partial charge in [-0.05, 0) is 30.3 Å². The highest BCUT2D eigenvalue weighted by atomic mass is 19.2. The Bertz CT molecular complexity index is 922. The molecule has 4 nitrogen and oxygen atoms in total. The molecule has 0 unspecified atom stereocenters. The number of nitrogens with zero attached hydrogens (tertiary/aromatic N) is 1. The molecular weight excluding hydrogens is 321 g/mol. The average molecular weight is 334 g/mol. The van der Waals surface area contributed by atoms with Gasteiger partial charge in [-0.2, -0.15) is 0 Å². The Hall–Kier alpha value is -2.96. The first kappa shape index (κ1) is 15.9. The normalized spacial score (nSPS) is 10.8. The highest BCUT2D eigenvalue weighted by molar-refractivity contribution is 5.92. The first-order valence-corrected chi connectivity index (χ1v) is 7.07. The van der Waals surface area contributed by atoms with Crippen LogP contribution in [-0.2, 0) is 11.8 Å². The molecule has 3 rings (SSSR count). The standard InChI is InChI=1S/C17H13F3N2O2/c1-22-8-7-10-13(22)3-2-4-14(10)24-9-15(23)21-12-6-5-11(18)16(19)17(12)20/h2-8H,9H2,1H3,(H,21,23). The Morgan fingerprint density at radius 3 is 2.71 bits per heavy atom. The minimum absolute atomic E-state index is 0.396. The molecule has 0 bridgehead atoms. The van der Waals surface area contributed by atoms with Gasteiger partial charge in [-0.3, -0.25) is 4.79 Å². The van der Waals surface area contributed by atoms with Crippen LogP contribution in [0.4, 0.5) is 18.9 Å². The van der Waals surface area contributed by atoms with E-state index < -0.39 is 35.7 Å². The third-order valence-corrected chi connectivity index (χ3v) is 3.56. The summed E-state index contributed by atoms with van der Waals surface area (Å²) >= 11 is 0. The molecule has 1 N–H and O–H groups in total. The molecular formula is C17H13F3N2O2. The maximum absolute atomic E-state index is 13.5. The van der Waals surface area contributed by atoms with Crippen LogP contribution in [-0.4, -0.2) is 17.1 Å². The Kier molecular flexibility index (Phi) is 4.16. The fourth-order valence-corrected chi connectivity index (χ4v) is 2.35. The van der Waals surface area contributed by atoms with Gasteiger partial charge in [0.2, 0.25) is 0 Å². The highest BCUT2D eigenvalue weighted by Gasteiger charge is 2.15. The molecule has 0 radical (unpaired) electrons. The van der Waals surface area contributed by atoms with Crippen LogP contribution >= 0.6 is 0 Å². The summed E-state index contributed by atoms with van der Waals surface area (Å²) in [5.74, 6) is -4.60. The third kappa shape index (κ3) is 2.92. The zero-order chi connectivity index (χ0) is 17.3. The number of carbonyl (C=O) groups is 1. The zero-order valence-corrected chi connectivity index (χ0v) is 12.6. The molecule has 0 aliphatic carbocycles. The van der Waals surface area contributed by atoms with E-state index in [9.17, 15) is 18.0 Å². The number of benzene rings is 2. The number of hydrogen-bond acceptors (Lipinski definition) is 2. The molecule has 0 atom stereocenters. The van der Waals surface area contributed by atoms with Crippen LogP contribution in [0, 0.1) is 17.5 Å². The Morgan fingerprint density at radius 2 is 1.92 bits per heavy atom. The predicted molar refractivity (Wildman–Crippen MR) is 83.4 cm³/mol. The van der Waals surface area contributed by atoms with E-state index in [0.29, 0.717) is 5.75 Å². The summed E-state index contributed by atoms with van der Waals surface area (Å²) in [4.78, 5) is 11.9. The van der Waals surface area contributed by atoms with Crippen molar-refractivity contribution in [2.24, 2.45) is 7.05 Å². The smallest absolute Gasteiger partial charge is 0.262 e. The first-order valence-electron chi connectivity index (χ1n) is 7.07. The summed E-state index contributed by atoms with van der Waals surface area (Å²) in [5, 5.41) is 2.98. The van der Waals surface area contributed by atoms with Gasteiger partial charge in [-0.1, -0.05) is 6.07 Å². The molecule has 0 saturated carbocycles. The number of carbonyl (C=O) groups excluding carboxylic acids is 1. The van der Waals surface area contributed by atoms with Gasteiger partial charge >= 0.3 is 0 Å². The van der Waals surface area contributed by atoms with Gasteiger partial charge in [0.05, 0.1) is 11.2 Å². The van der Waals surface area contributed by atoms with Gasteiger partial charge in [-0.15, -0.1) is 0 Å². The van der Waals surface area contributed by atoms with Crippen molar-refractivity contribution in [3.05, 3.63) is 60.0 Å². The number of rotatable bonds is 4. The molecule has 124 valence electrons. The van der Waals surface area contributed by atoms with Crippen molar-refractivity contribution in [2.45, 2.75) is 0 Å². The van der Waals surface area contributed by atoms with Crippen molar-refractivity contribution in [3.8, 4) is 5.75 Å². The summed E-state index contributed by atoms with van der Waals surface area (Å²) in [6, 6.07) is 8.91. The lowest BCUT2D eigenvalue weighted by Crippen LogP contribution is -2.21. The Morgan fingerprint density at radius 1 is 1.12 bits per heavy atom. The van der Waals surface area contributed by atoms with Crippen LogP contribution in [0.3, 0.4) is 0 Å². The second-order valence-electron chi connectivity index (χ2n) is 5.18. The first-order chi connectivity index (χ1) is 11.5. The lowest BCUT2D eigenvalue weighted by Gasteiger charge is -2.10. The molecule has 24 heavy (non-hydrogen) atoms. The van der Waals surface area contributed by atoms with Crippen molar-refractivity contribution in [2.75, 3.05) is 11.9 Å². The number of fused-ring (bicyclic) bond motifs is 1. The van der Waals surface area contributed by atoms with E-state index >= 15 is 0 Å². The number of anilines is 1. The summed E-state index contributed by atoms with van der Waals surface area (Å²) < 4.78 is 46.9. The largest absolute Gasteiger partial charge is 0.483 e. The van der Waals surface area contributed by atoms with E-state index in [1.165, 1.54) is 0 Å². The molecule has 0 aliphatic rings. The molecule has 1 aromatic heterocycles. The van der Waals surface area contributed by atoms with Gasteiger partial charge in [0.25, 0.3) is 5.91 Å². The van der Waals surface area contributed by atoms with Crippen LogP contribution in [0.2, 0.25) is 0 Å². The molecule has 1 heterocycles. The topological polar surface area (TPSA) is 43.3 Å². The van der Waals surface area contributed by atoms with E-state index in [2.05, 4.69) is 5.32 Å². The number of amides is 1. The van der Waals surface area contributed by atoms with E-state index in [1.54, 1.807) is 12.1 Å². The summed E-state index contributed by atoms with van der Waals surface area (Å²) in [6.07, 6.45) is 1.86. The SMILES string of the molecule is Cn1ccc2c(OCC(=O)Nc3ccc(F)c(F)c3F)cccc21. The molecule has 7 heteroatoms. The van der Waals surface area contributed by atoms with Gasteiger partial charge in [0.1, 0.15) is 5.75 Å². The summed E-state index contributed by atoms with van der Waals surface area (Å²) in [6.45, 7) is -0.396. The molecule has 0 saturated heterocycles. The number of aryl methyl sites for hydroxylation is 1. The van der Waals surface area contributed by atoms with Gasteiger partial charge in [0.15, 0.2) is 24.1 Å². The van der Waals surface area contributed by atoms with Crippen LogP contribution in [0.15, 0.2) is 42.6 Å². The molecule has 0 aliphatic heterocycles. The molecule has 0 fully saturated rings. The highest BCUT2D eigenvalue weighted by Crippen LogP contribution is 2.26. The van der Waals surface area contributed by atoms with Gasteiger partial charge in [0, 0.05) is 18.6 Å². The minimum Gasteiger partial charge on any atom is -0.483 e. The van der Waals surface area contributed by atoms with Crippen LogP contribution in [0.1, 0.15) is 0 Å². The fourth-order valence-electron chi connectivity index (χ4n) is 2.35. The summed E-state index contributed by atoms with van der Waals surface area (Å²) in [5.41, 5.74) is 0.486. The number of halogens is 3. The molecule has 2 aromatic carbocycles.